The van der Waals surface area contributed by atoms with Crippen molar-refractivity contribution in [1.82, 2.24) is 9.55 Å². The van der Waals surface area contributed by atoms with Crippen LogP contribution in [0.25, 0.3) is 39.5 Å². The minimum absolute atomic E-state index is 0.0427. The fourth-order valence-electron chi connectivity index (χ4n) is 4.37. The summed E-state index contributed by atoms with van der Waals surface area (Å²) < 4.78 is 75.9. The lowest BCUT2D eigenvalue weighted by Gasteiger charge is -2.08. The number of carbonyl (C=O) groups excluding carboxylic acids is 2. The van der Waals surface area contributed by atoms with E-state index >= 15 is 0 Å². The molecule has 0 spiro atoms. The van der Waals surface area contributed by atoms with E-state index in [0.29, 0.717) is 0 Å². The molecule has 1 aliphatic rings. The van der Waals surface area contributed by atoms with Gasteiger partial charge in [-0.2, -0.15) is 4.98 Å². The summed E-state index contributed by atoms with van der Waals surface area (Å²) in [6.45, 7) is 0. The first-order valence-corrected chi connectivity index (χ1v) is 10.5. The van der Waals surface area contributed by atoms with Crippen LogP contribution in [-0.2, 0) is 7.05 Å². The maximum Gasteiger partial charge on any atom is 0.245 e. The Hall–Kier alpha value is -4.60. The summed E-state index contributed by atoms with van der Waals surface area (Å²) in [6.07, 6.45) is 1.23. The molecule has 178 valence electrons. The van der Waals surface area contributed by atoms with E-state index in [2.05, 4.69) is 4.98 Å². The van der Waals surface area contributed by atoms with Gasteiger partial charge in [0.15, 0.2) is 40.7 Å². The van der Waals surface area contributed by atoms with E-state index < -0.39 is 52.0 Å². The summed E-state index contributed by atoms with van der Waals surface area (Å²) in [5.41, 5.74) is -0.879. The Morgan fingerprint density at radius 3 is 1.86 bits per heavy atom. The van der Waals surface area contributed by atoms with Crippen molar-refractivity contribution in [3.63, 3.8) is 0 Å². The van der Waals surface area contributed by atoms with Gasteiger partial charge < -0.3 is 8.98 Å². The fourth-order valence-corrected chi connectivity index (χ4v) is 4.37. The average Bonchev–Trinajstić information content (AvgIpc) is 3.48. The molecule has 0 radical (unpaired) electrons. The number of hydrogen-bond donors (Lipinski definition) is 0. The fraction of sp³-hybridized carbons (Fsp3) is 0.0385. The van der Waals surface area contributed by atoms with E-state index in [-0.39, 0.29) is 33.7 Å². The number of Topliss-reactive ketones (excluding diaryl/α,β-unsaturated/α-hetero) is 2. The molecule has 0 fully saturated rings. The normalized spacial score (nSPS) is 13.3. The summed E-state index contributed by atoms with van der Waals surface area (Å²) in [5, 5.41) is 1.60. The Labute approximate surface area is 198 Å². The van der Waals surface area contributed by atoms with E-state index in [1.54, 1.807) is 12.1 Å². The highest BCUT2D eigenvalue weighted by atomic mass is 19.2. The molecule has 3 aromatic carbocycles. The number of furan rings is 1. The molecule has 0 bridgehead atoms. The van der Waals surface area contributed by atoms with Gasteiger partial charge >= 0.3 is 0 Å². The van der Waals surface area contributed by atoms with E-state index in [4.69, 9.17) is 4.42 Å². The van der Waals surface area contributed by atoms with Crippen LogP contribution in [0.1, 0.15) is 26.5 Å². The van der Waals surface area contributed by atoms with Crippen LogP contribution in [0.2, 0.25) is 0 Å². The standard InChI is InChI=1S/C26H11F5N2O3/c1-33-16-9-12(36-26(16)32-25(33)17-18(27)20(29)22(31)21(30)19(17)28)8-15-23(34)13-6-10-4-2-3-5-11(10)7-14(13)24(15)35/h2-9H,1H3. The van der Waals surface area contributed by atoms with Crippen molar-refractivity contribution in [3.8, 4) is 11.4 Å². The van der Waals surface area contributed by atoms with Gasteiger partial charge in [0, 0.05) is 24.2 Å². The lowest BCUT2D eigenvalue weighted by atomic mass is 10.0. The van der Waals surface area contributed by atoms with E-state index in [9.17, 15) is 31.5 Å². The third kappa shape index (κ3) is 2.90. The van der Waals surface area contributed by atoms with Gasteiger partial charge in [-0.1, -0.05) is 24.3 Å². The first kappa shape index (κ1) is 21.9. The van der Waals surface area contributed by atoms with E-state index in [0.717, 1.165) is 15.3 Å². The van der Waals surface area contributed by atoms with Crippen LogP contribution in [-0.4, -0.2) is 21.1 Å². The number of benzene rings is 3. The number of hydrogen-bond acceptors (Lipinski definition) is 4. The van der Waals surface area contributed by atoms with Gasteiger partial charge in [0.1, 0.15) is 11.3 Å². The minimum Gasteiger partial charge on any atom is -0.437 e. The van der Waals surface area contributed by atoms with Gasteiger partial charge in [-0.15, -0.1) is 0 Å². The summed E-state index contributed by atoms with van der Waals surface area (Å²) >= 11 is 0. The first-order valence-electron chi connectivity index (χ1n) is 10.5. The molecular formula is C26H11F5N2O3. The van der Waals surface area contributed by atoms with Crippen molar-refractivity contribution in [3.05, 3.63) is 94.0 Å². The molecule has 6 rings (SSSR count). The van der Waals surface area contributed by atoms with Crippen molar-refractivity contribution in [2.24, 2.45) is 7.05 Å². The minimum atomic E-state index is -2.28. The number of rotatable bonds is 2. The molecule has 0 aliphatic heterocycles. The molecule has 0 saturated heterocycles. The van der Waals surface area contributed by atoms with Crippen LogP contribution in [0.3, 0.4) is 0 Å². The topological polar surface area (TPSA) is 65.1 Å². The smallest absolute Gasteiger partial charge is 0.245 e. The molecule has 2 aromatic heterocycles. The molecular weight excluding hydrogens is 483 g/mol. The highest BCUT2D eigenvalue weighted by Gasteiger charge is 2.34. The summed E-state index contributed by atoms with van der Waals surface area (Å²) in [6, 6.07) is 11.9. The zero-order valence-corrected chi connectivity index (χ0v) is 18.1. The summed E-state index contributed by atoms with van der Waals surface area (Å²) in [5.74, 6) is -12.0. The molecule has 36 heavy (non-hydrogen) atoms. The average molecular weight is 494 g/mol. The lowest BCUT2D eigenvalue weighted by molar-refractivity contribution is 0.0990. The van der Waals surface area contributed by atoms with Crippen LogP contribution >= 0.6 is 0 Å². The van der Waals surface area contributed by atoms with Crippen molar-refractivity contribution < 1.29 is 36.0 Å². The monoisotopic (exact) mass is 494 g/mol. The van der Waals surface area contributed by atoms with Gasteiger partial charge in [0.2, 0.25) is 11.5 Å². The quantitative estimate of drug-likeness (QED) is 0.0972. The molecule has 0 N–H and O–H groups in total. The van der Waals surface area contributed by atoms with Crippen LogP contribution in [0.4, 0.5) is 22.0 Å². The van der Waals surface area contributed by atoms with Crippen LogP contribution < -0.4 is 0 Å². The molecule has 5 aromatic rings. The Kier molecular flexibility index (Phi) is 4.53. The maximum absolute atomic E-state index is 14.3. The highest BCUT2D eigenvalue weighted by molar-refractivity contribution is 6.42. The van der Waals surface area contributed by atoms with Crippen LogP contribution in [0.15, 0.2) is 52.5 Å². The molecule has 1 aliphatic carbocycles. The number of ketones is 2. The van der Waals surface area contributed by atoms with Gasteiger partial charge in [-0.25, -0.2) is 22.0 Å². The third-order valence-electron chi connectivity index (χ3n) is 6.18. The van der Waals surface area contributed by atoms with Gasteiger partial charge in [-0.3, -0.25) is 9.59 Å². The molecule has 0 amide bonds. The van der Waals surface area contributed by atoms with Crippen molar-refractivity contribution in [1.29, 1.82) is 0 Å². The second-order valence-corrected chi connectivity index (χ2v) is 8.24. The third-order valence-corrected chi connectivity index (χ3v) is 6.18. The predicted octanol–water partition coefficient (Wildman–Crippen LogP) is 6.14. The summed E-state index contributed by atoms with van der Waals surface area (Å²) in [4.78, 5) is 29.8. The number of carbonyl (C=O) groups is 2. The Morgan fingerprint density at radius 1 is 0.806 bits per heavy atom. The Bertz CT molecular complexity index is 1760. The van der Waals surface area contributed by atoms with E-state index in [1.165, 1.54) is 19.2 Å². The Morgan fingerprint density at radius 2 is 1.33 bits per heavy atom. The highest BCUT2D eigenvalue weighted by Crippen LogP contribution is 2.35. The molecule has 0 unspecified atom stereocenters. The largest absolute Gasteiger partial charge is 0.437 e. The lowest BCUT2D eigenvalue weighted by Crippen LogP contribution is -2.06. The number of halogens is 5. The zero-order chi connectivity index (χ0) is 25.5. The predicted molar refractivity (Wildman–Crippen MR) is 119 cm³/mol. The summed E-state index contributed by atoms with van der Waals surface area (Å²) in [7, 11) is 1.29. The van der Waals surface area contributed by atoms with Gasteiger partial charge in [0.25, 0.3) is 0 Å². The second-order valence-electron chi connectivity index (χ2n) is 8.24. The Balaban J connectivity index is 1.43. The number of fused-ring (bicyclic) bond motifs is 3. The second kappa shape index (κ2) is 7.45. The van der Waals surface area contributed by atoms with Crippen molar-refractivity contribution in [2.75, 3.05) is 0 Å². The molecule has 0 saturated carbocycles. The first-order chi connectivity index (χ1) is 17.2. The van der Waals surface area contributed by atoms with Crippen LogP contribution in [0.5, 0.6) is 0 Å². The maximum atomic E-state index is 14.3. The zero-order valence-electron chi connectivity index (χ0n) is 18.1. The van der Waals surface area contributed by atoms with Crippen LogP contribution in [0, 0.1) is 29.1 Å². The number of allylic oxidation sites excluding steroid dienone is 1. The molecule has 0 atom stereocenters. The molecule has 5 nitrogen and oxygen atoms in total. The molecule has 10 heteroatoms. The van der Waals surface area contributed by atoms with E-state index in [1.807, 2.05) is 24.3 Å². The number of nitrogens with zero attached hydrogens (tertiary/aromatic N) is 2. The number of aryl methyl sites for hydroxylation is 1. The van der Waals surface area contributed by atoms with Crippen molar-refractivity contribution in [2.45, 2.75) is 0 Å². The molecule has 2 heterocycles. The van der Waals surface area contributed by atoms with Crippen molar-refractivity contribution >= 4 is 39.6 Å². The van der Waals surface area contributed by atoms with Gasteiger partial charge in [0.05, 0.1) is 11.1 Å². The SMILES string of the molecule is Cn1c(-c2c(F)c(F)c(F)c(F)c2F)nc2oc(C=C3C(=O)c4cc5ccccc5cc4C3=O)cc21. The number of imidazole rings is 1. The number of aromatic nitrogens is 2. The van der Waals surface area contributed by atoms with Gasteiger partial charge in [-0.05, 0) is 29.0 Å².